The standard InChI is InChI=1S/C23H18ClNO3/c1-26-21-13-15(12-18(24)23(21)27-2)8-11-22-25-19-14-17(9-10-20(19)28-22)16-6-4-3-5-7-16/h3-14H,1-2H3/b11-8+. The van der Waals surface area contributed by atoms with Gasteiger partial charge >= 0.3 is 0 Å². The maximum atomic E-state index is 6.26. The van der Waals surface area contributed by atoms with E-state index in [1.807, 2.05) is 48.5 Å². The van der Waals surface area contributed by atoms with Crippen molar-refractivity contribution in [3.8, 4) is 22.6 Å². The van der Waals surface area contributed by atoms with Crippen molar-refractivity contribution in [2.24, 2.45) is 0 Å². The molecule has 5 heteroatoms. The molecule has 0 bridgehead atoms. The molecule has 4 rings (SSSR count). The van der Waals surface area contributed by atoms with Gasteiger partial charge in [-0.05, 0) is 47.0 Å². The molecule has 0 amide bonds. The van der Waals surface area contributed by atoms with Gasteiger partial charge in [-0.1, -0.05) is 48.0 Å². The summed E-state index contributed by atoms with van der Waals surface area (Å²) < 4.78 is 16.4. The zero-order valence-corrected chi connectivity index (χ0v) is 16.2. The van der Waals surface area contributed by atoms with Crippen molar-refractivity contribution in [1.29, 1.82) is 0 Å². The number of benzene rings is 3. The van der Waals surface area contributed by atoms with Crippen LogP contribution in [-0.2, 0) is 0 Å². The summed E-state index contributed by atoms with van der Waals surface area (Å²) in [5, 5.41) is 0.478. The van der Waals surface area contributed by atoms with Gasteiger partial charge in [-0.2, -0.15) is 0 Å². The van der Waals surface area contributed by atoms with Crippen LogP contribution in [0.4, 0.5) is 0 Å². The van der Waals surface area contributed by atoms with Gasteiger partial charge in [-0.15, -0.1) is 0 Å². The van der Waals surface area contributed by atoms with Crippen LogP contribution < -0.4 is 9.47 Å². The van der Waals surface area contributed by atoms with Crippen LogP contribution in [0.1, 0.15) is 11.5 Å². The van der Waals surface area contributed by atoms with E-state index < -0.39 is 0 Å². The zero-order chi connectivity index (χ0) is 19.5. The second-order valence-electron chi connectivity index (χ2n) is 6.17. The number of rotatable bonds is 5. The fourth-order valence-corrected chi connectivity index (χ4v) is 3.32. The average molecular weight is 392 g/mol. The first-order valence-electron chi connectivity index (χ1n) is 8.73. The summed E-state index contributed by atoms with van der Waals surface area (Å²) in [6.07, 6.45) is 3.68. The van der Waals surface area contributed by atoms with E-state index in [0.29, 0.717) is 22.4 Å². The number of nitrogens with zero attached hydrogens (tertiary/aromatic N) is 1. The Bertz CT molecular complexity index is 1150. The number of oxazole rings is 1. The van der Waals surface area contributed by atoms with E-state index in [1.54, 1.807) is 26.4 Å². The molecule has 0 atom stereocenters. The highest BCUT2D eigenvalue weighted by molar-refractivity contribution is 6.32. The number of ether oxygens (including phenoxy) is 2. The Hall–Kier alpha value is -3.24. The Balaban J connectivity index is 1.64. The van der Waals surface area contributed by atoms with Crippen molar-refractivity contribution in [2.75, 3.05) is 14.2 Å². The fraction of sp³-hybridized carbons (Fsp3) is 0.0870. The minimum Gasteiger partial charge on any atom is -0.493 e. The topological polar surface area (TPSA) is 44.5 Å². The van der Waals surface area contributed by atoms with Gasteiger partial charge < -0.3 is 13.9 Å². The summed E-state index contributed by atoms with van der Waals surface area (Å²) >= 11 is 6.26. The van der Waals surface area contributed by atoms with E-state index in [0.717, 1.165) is 27.8 Å². The molecular formula is C23H18ClNO3. The third kappa shape index (κ3) is 3.59. The number of aromatic nitrogens is 1. The third-order valence-corrected chi connectivity index (χ3v) is 4.67. The lowest BCUT2D eigenvalue weighted by atomic mass is 10.1. The molecule has 0 fully saturated rings. The second kappa shape index (κ2) is 7.79. The molecule has 0 saturated heterocycles. The molecule has 4 nitrogen and oxygen atoms in total. The van der Waals surface area contributed by atoms with Crippen LogP contribution >= 0.6 is 11.6 Å². The smallest absolute Gasteiger partial charge is 0.220 e. The van der Waals surface area contributed by atoms with Crippen molar-refractivity contribution in [1.82, 2.24) is 4.98 Å². The lowest BCUT2D eigenvalue weighted by Crippen LogP contribution is -1.92. The summed E-state index contributed by atoms with van der Waals surface area (Å²) in [6, 6.07) is 19.8. The molecule has 140 valence electrons. The van der Waals surface area contributed by atoms with Crippen molar-refractivity contribution in [3.05, 3.63) is 77.1 Å². The fourth-order valence-electron chi connectivity index (χ4n) is 3.03. The molecule has 0 spiro atoms. The van der Waals surface area contributed by atoms with Crippen LogP contribution in [0.25, 0.3) is 34.4 Å². The summed E-state index contributed by atoms with van der Waals surface area (Å²) in [5.74, 6) is 1.60. The molecule has 0 aliphatic heterocycles. The van der Waals surface area contributed by atoms with E-state index in [1.165, 1.54) is 0 Å². The highest BCUT2D eigenvalue weighted by Crippen LogP contribution is 2.36. The SMILES string of the molecule is COc1cc(/C=C/c2nc3cc(-c4ccccc4)ccc3o2)cc(Cl)c1OC. The maximum absolute atomic E-state index is 6.26. The van der Waals surface area contributed by atoms with Crippen LogP contribution in [0.3, 0.4) is 0 Å². The second-order valence-corrected chi connectivity index (χ2v) is 6.58. The van der Waals surface area contributed by atoms with Gasteiger partial charge in [0.25, 0.3) is 0 Å². The van der Waals surface area contributed by atoms with Crippen molar-refractivity contribution >= 4 is 34.9 Å². The predicted octanol–water partition coefficient (Wildman–Crippen LogP) is 6.34. The largest absolute Gasteiger partial charge is 0.493 e. The van der Waals surface area contributed by atoms with Crippen LogP contribution in [0.15, 0.2) is 65.1 Å². The Labute approximate surface area is 168 Å². The molecule has 0 radical (unpaired) electrons. The van der Waals surface area contributed by atoms with E-state index in [-0.39, 0.29) is 0 Å². The minimum absolute atomic E-state index is 0.478. The quantitative estimate of drug-likeness (QED) is 0.398. The van der Waals surface area contributed by atoms with Crippen LogP contribution in [0.5, 0.6) is 11.5 Å². The van der Waals surface area contributed by atoms with Gasteiger partial charge in [0, 0.05) is 6.08 Å². The lowest BCUT2D eigenvalue weighted by Gasteiger charge is -2.09. The van der Waals surface area contributed by atoms with Gasteiger partial charge in [-0.25, -0.2) is 4.98 Å². The zero-order valence-electron chi connectivity index (χ0n) is 15.5. The molecule has 0 unspecified atom stereocenters. The molecule has 0 N–H and O–H groups in total. The Kier molecular flexibility index (Phi) is 5.04. The van der Waals surface area contributed by atoms with Crippen molar-refractivity contribution < 1.29 is 13.9 Å². The lowest BCUT2D eigenvalue weighted by molar-refractivity contribution is 0.355. The molecular weight excluding hydrogens is 374 g/mol. The number of hydrogen-bond acceptors (Lipinski definition) is 4. The highest BCUT2D eigenvalue weighted by atomic mass is 35.5. The van der Waals surface area contributed by atoms with Crippen LogP contribution in [0.2, 0.25) is 5.02 Å². The van der Waals surface area contributed by atoms with Crippen molar-refractivity contribution in [3.63, 3.8) is 0 Å². The average Bonchev–Trinajstić information content (AvgIpc) is 3.14. The number of hydrogen-bond donors (Lipinski definition) is 0. The Morgan fingerprint density at radius 3 is 2.46 bits per heavy atom. The van der Waals surface area contributed by atoms with Gasteiger partial charge in [0.2, 0.25) is 5.89 Å². The highest BCUT2D eigenvalue weighted by Gasteiger charge is 2.10. The summed E-state index contributed by atoms with van der Waals surface area (Å²) in [6.45, 7) is 0. The van der Waals surface area contributed by atoms with Gasteiger partial charge in [-0.3, -0.25) is 0 Å². The van der Waals surface area contributed by atoms with Gasteiger partial charge in [0.05, 0.1) is 19.2 Å². The Morgan fingerprint density at radius 1 is 0.893 bits per heavy atom. The van der Waals surface area contributed by atoms with E-state index >= 15 is 0 Å². The molecule has 0 saturated carbocycles. The molecule has 1 heterocycles. The first kappa shape index (κ1) is 18.1. The van der Waals surface area contributed by atoms with E-state index in [4.69, 9.17) is 25.5 Å². The Morgan fingerprint density at radius 2 is 1.71 bits per heavy atom. The summed E-state index contributed by atoms with van der Waals surface area (Å²) in [4.78, 5) is 4.57. The summed E-state index contributed by atoms with van der Waals surface area (Å²) in [7, 11) is 3.13. The normalized spacial score (nSPS) is 11.2. The van der Waals surface area contributed by atoms with Crippen molar-refractivity contribution in [2.45, 2.75) is 0 Å². The number of fused-ring (bicyclic) bond motifs is 1. The molecule has 3 aromatic carbocycles. The van der Waals surface area contributed by atoms with Gasteiger partial charge in [0.15, 0.2) is 17.1 Å². The maximum Gasteiger partial charge on any atom is 0.220 e. The molecule has 0 aliphatic carbocycles. The first-order chi connectivity index (χ1) is 13.7. The molecule has 4 aromatic rings. The van der Waals surface area contributed by atoms with Crippen LogP contribution in [-0.4, -0.2) is 19.2 Å². The number of halogens is 1. The first-order valence-corrected chi connectivity index (χ1v) is 9.11. The number of methoxy groups -OCH3 is 2. The predicted molar refractivity (Wildman–Crippen MR) is 113 cm³/mol. The monoisotopic (exact) mass is 391 g/mol. The third-order valence-electron chi connectivity index (χ3n) is 4.39. The van der Waals surface area contributed by atoms with E-state index in [9.17, 15) is 0 Å². The van der Waals surface area contributed by atoms with E-state index in [2.05, 4.69) is 17.1 Å². The summed E-state index contributed by atoms with van der Waals surface area (Å²) in [5.41, 5.74) is 4.65. The van der Waals surface area contributed by atoms with Crippen LogP contribution in [0, 0.1) is 0 Å². The molecule has 1 aromatic heterocycles. The minimum atomic E-state index is 0.478. The molecule has 28 heavy (non-hydrogen) atoms. The van der Waals surface area contributed by atoms with Gasteiger partial charge in [0.1, 0.15) is 5.52 Å². The molecule has 0 aliphatic rings.